The summed E-state index contributed by atoms with van der Waals surface area (Å²) in [5.41, 5.74) is 1.02. The number of hydrogen-bond donors (Lipinski definition) is 0. The van der Waals surface area contributed by atoms with Crippen molar-refractivity contribution in [2.75, 3.05) is 14.1 Å². The highest BCUT2D eigenvalue weighted by Crippen LogP contribution is 2.27. The summed E-state index contributed by atoms with van der Waals surface area (Å²) in [7, 11) is 3.88. The van der Waals surface area contributed by atoms with Gasteiger partial charge in [0.15, 0.2) is 0 Å². The van der Waals surface area contributed by atoms with Gasteiger partial charge in [0.25, 0.3) is 0 Å². The number of benzene rings is 1. The molecular formula is C10H11N3S. The van der Waals surface area contributed by atoms with Crippen molar-refractivity contribution in [2.24, 2.45) is 4.99 Å². The van der Waals surface area contributed by atoms with Gasteiger partial charge in [-0.25, -0.2) is 9.98 Å². The molecule has 72 valence electrons. The van der Waals surface area contributed by atoms with E-state index in [-0.39, 0.29) is 0 Å². The first-order valence-corrected chi connectivity index (χ1v) is 5.13. The summed E-state index contributed by atoms with van der Waals surface area (Å²) in [6.45, 7) is 0. The van der Waals surface area contributed by atoms with Crippen LogP contribution in [0.5, 0.6) is 0 Å². The Morgan fingerprint density at radius 3 is 2.86 bits per heavy atom. The Morgan fingerprint density at radius 2 is 2.14 bits per heavy atom. The highest BCUT2D eigenvalue weighted by molar-refractivity contribution is 7.21. The van der Waals surface area contributed by atoms with Gasteiger partial charge in [0, 0.05) is 14.1 Å². The zero-order chi connectivity index (χ0) is 9.97. The third kappa shape index (κ3) is 1.90. The summed E-state index contributed by atoms with van der Waals surface area (Å²) in [5, 5.41) is 0.805. The van der Waals surface area contributed by atoms with Crippen LogP contribution in [0.15, 0.2) is 29.3 Å². The molecule has 0 aliphatic heterocycles. The lowest BCUT2D eigenvalue weighted by Crippen LogP contribution is -2.06. The molecule has 0 atom stereocenters. The van der Waals surface area contributed by atoms with Crippen molar-refractivity contribution in [3.8, 4) is 0 Å². The van der Waals surface area contributed by atoms with Crippen LogP contribution in [0.4, 0.5) is 5.13 Å². The predicted octanol–water partition coefficient (Wildman–Crippen LogP) is 2.52. The number of thiazole rings is 1. The van der Waals surface area contributed by atoms with Crippen molar-refractivity contribution in [3.63, 3.8) is 0 Å². The molecule has 2 rings (SSSR count). The number of aliphatic imine (C=N–C) groups is 1. The highest BCUT2D eigenvalue weighted by atomic mass is 32.1. The van der Waals surface area contributed by atoms with E-state index in [1.807, 2.05) is 37.2 Å². The maximum Gasteiger partial charge on any atom is 0.211 e. The van der Waals surface area contributed by atoms with Crippen molar-refractivity contribution >= 4 is 33.0 Å². The molecule has 0 spiro atoms. The van der Waals surface area contributed by atoms with Gasteiger partial charge in [-0.2, -0.15) is 0 Å². The molecule has 0 fully saturated rings. The van der Waals surface area contributed by atoms with Gasteiger partial charge in [-0.1, -0.05) is 23.5 Å². The van der Waals surface area contributed by atoms with Crippen LogP contribution in [0.3, 0.4) is 0 Å². The average molecular weight is 205 g/mol. The molecule has 14 heavy (non-hydrogen) atoms. The fraction of sp³-hybridized carbons (Fsp3) is 0.200. The molecular weight excluding hydrogens is 194 g/mol. The summed E-state index contributed by atoms with van der Waals surface area (Å²) >= 11 is 1.60. The van der Waals surface area contributed by atoms with E-state index >= 15 is 0 Å². The maximum atomic E-state index is 4.38. The quantitative estimate of drug-likeness (QED) is 0.556. The van der Waals surface area contributed by atoms with Crippen LogP contribution in [-0.4, -0.2) is 30.3 Å². The molecule has 0 aliphatic rings. The highest BCUT2D eigenvalue weighted by Gasteiger charge is 1.99. The van der Waals surface area contributed by atoms with Gasteiger partial charge >= 0.3 is 0 Å². The minimum Gasteiger partial charge on any atom is -0.369 e. The molecule has 0 unspecified atom stereocenters. The first-order chi connectivity index (χ1) is 6.75. The van der Waals surface area contributed by atoms with Gasteiger partial charge in [-0.3, -0.25) is 0 Å². The first kappa shape index (κ1) is 9.15. The lowest BCUT2D eigenvalue weighted by atomic mass is 10.3. The van der Waals surface area contributed by atoms with Crippen LogP contribution in [0, 0.1) is 0 Å². The SMILES string of the molecule is CN(C)C=Nc1nc2ccccc2s1. The number of nitrogens with zero attached hydrogens (tertiary/aromatic N) is 3. The Balaban J connectivity index is 2.36. The number of para-hydroxylation sites is 1. The predicted molar refractivity (Wildman–Crippen MR) is 61.5 cm³/mol. The van der Waals surface area contributed by atoms with Crippen LogP contribution in [0.1, 0.15) is 0 Å². The van der Waals surface area contributed by atoms with Gasteiger partial charge < -0.3 is 4.90 Å². The van der Waals surface area contributed by atoms with E-state index in [0.29, 0.717) is 0 Å². The number of aromatic nitrogens is 1. The Bertz CT molecular complexity index is 426. The van der Waals surface area contributed by atoms with Crippen molar-refractivity contribution in [3.05, 3.63) is 24.3 Å². The van der Waals surface area contributed by atoms with E-state index in [0.717, 1.165) is 10.6 Å². The smallest absolute Gasteiger partial charge is 0.211 e. The van der Waals surface area contributed by atoms with Crippen molar-refractivity contribution in [1.82, 2.24) is 9.88 Å². The second-order valence-electron chi connectivity index (χ2n) is 3.17. The average Bonchev–Trinajstić information content (AvgIpc) is 2.57. The Kier molecular flexibility index (Phi) is 2.45. The van der Waals surface area contributed by atoms with E-state index < -0.39 is 0 Å². The van der Waals surface area contributed by atoms with Crippen LogP contribution < -0.4 is 0 Å². The minimum atomic E-state index is 0.805. The van der Waals surface area contributed by atoms with E-state index in [9.17, 15) is 0 Å². The molecule has 1 aromatic carbocycles. The number of rotatable bonds is 2. The third-order valence-electron chi connectivity index (χ3n) is 1.68. The Morgan fingerprint density at radius 1 is 1.36 bits per heavy atom. The van der Waals surface area contributed by atoms with Gasteiger partial charge in [-0.15, -0.1) is 0 Å². The lowest BCUT2D eigenvalue weighted by molar-refractivity contribution is 0.643. The van der Waals surface area contributed by atoms with Gasteiger partial charge in [-0.05, 0) is 12.1 Å². The monoisotopic (exact) mass is 205 g/mol. The summed E-state index contributed by atoms with van der Waals surface area (Å²) in [6, 6.07) is 8.06. The lowest BCUT2D eigenvalue weighted by Gasteiger charge is -1.99. The van der Waals surface area contributed by atoms with Crippen LogP contribution in [-0.2, 0) is 0 Å². The van der Waals surface area contributed by atoms with Gasteiger partial charge in [0.05, 0.1) is 16.6 Å². The van der Waals surface area contributed by atoms with E-state index in [4.69, 9.17) is 0 Å². The molecule has 0 saturated carbocycles. The standard InChI is InChI=1S/C10H11N3S/c1-13(2)7-11-10-12-8-5-3-4-6-9(8)14-10/h3-7H,1-2H3. The van der Waals surface area contributed by atoms with Crippen molar-refractivity contribution in [1.29, 1.82) is 0 Å². The van der Waals surface area contributed by atoms with Crippen LogP contribution >= 0.6 is 11.3 Å². The van der Waals surface area contributed by atoms with E-state index in [2.05, 4.69) is 16.0 Å². The number of fused-ring (bicyclic) bond motifs is 1. The normalized spacial score (nSPS) is 11.3. The third-order valence-corrected chi connectivity index (χ3v) is 2.63. The molecule has 0 saturated heterocycles. The molecule has 3 nitrogen and oxygen atoms in total. The second kappa shape index (κ2) is 3.75. The van der Waals surface area contributed by atoms with Crippen molar-refractivity contribution in [2.45, 2.75) is 0 Å². The number of hydrogen-bond acceptors (Lipinski definition) is 3. The van der Waals surface area contributed by atoms with Gasteiger partial charge in [0.1, 0.15) is 0 Å². The molecule has 1 aromatic heterocycles. The van der Waals surface area contributed by atoms with Crippen LogP contribution in [0.25, 0.3) is 10.2 Å². The van der Waals surface area contributed by atoms with Gasteiger partial charge in [0.2, 0.25) is 5.13 Å². The summed E-state index contributed by atoms with van der Waals surface area (Å²) in [4.78, 5) is 10.5. The molecule has 0 amide bonds. The molecule has 4 heteroatoms. The Hall–Kier alpha value is -1.42. The Labute approximate surface area is 86.7 Å². The van der Waals surface area contributed by atoms with Crippen LogP contribution in [0.2, 0.25) is 0 Å². The zero-order valence-electron chi connectivity index (χ0n) is 8.14. The fourth-order valence-electron chi connectivity index (χ4n) is 1.08. The topological polar surface area (TPSA) is 28.5 Å². The van der Waals surface area contributed by atoms with Crippen molar-refractivity contribution < 1.29 is 0 Å². The summed E-state index contributed by atoms with van der Waals surface area (Å²) in [5.74, 6) is 0. The summed E-state index contributed by atoms with van der Waals surface area (Å²) < 4.78 is 1.18. The zero-order valence-corrected chi connectivity index (χ0v) is 8.95. The molecule has 0 radical (unpaired) electrons. The largest absolute Gasteiger partial charge is 0.369 e. The molecule has 1 heterocycles. The second-order valence-corrected chi connectivity index (χ2v) is 4.18. The van der Waals surface area contributed by atoms with E-state index in [1.165, 1.54) is 4.70 Å². The molecule has 0 aliphatic carbocycles. The fourth-order valence-corrected chi connectivity index (χ4v) is 1.89. The molecule has 0 bridgehead atoms. The van der Waals surface area contributed by atoms with E-state index in [1.54, 1.807) is 17.7 Å². The maximum absolute atomic E-state index is 4.38. The molecule has 2 aromatic rings. The molecule has 0 N–H and O–H groups in total. The summed E-state index contributed by atoms with van der Waals surface area (Å²) in [6.07, 6.45) is 1.76. The first-order valence-electron chi connectivity index (χ1n) is 4.32. The minimum absolute atomic E-state index is 0.805.